The van der Waals surface area contributed by atoms with Gasteiger partial charge in [-0.15, -0.1) is 0 Å². The first-order valence-corrected chi connectivity index (χ1v) is 4.94. The van der Waals surface area contributed by atoms with Crippen LogP contribution >= 0.6 is 0 Å². The van der Waals surface area contributed by atoms with Crippen molar-refractivity contribution >= 4 is 0 Å². The molecule has 1 N–H and O–H groups in total. The monoisotopic (exact) mass is 181 g/mol. The van der Waals surface area contributed by atoms with E-state index < -0.39 is 0 Å². The highest BCUT2D eigenvalue weighted by atomic mass is 15.3. The number of aromatic nitrogens is 2. The second kappa shape index (κ2) is 5.02. The van der Waals surface area contributed by atoms with Gasteiger partial charge in [0.05, 0.1) is 0 Å². The summed E-state index contributed by atoms with van der Waals surface area (Å²) in [6, 6.07) is 2.69. The first kappa shape index (κ1) is 10.3. The van der Waals surface area contributed by atoms with Crippen LogP contribution in [0.2, 0.25) is 0 Å². The van der Waals surface area contributed by atoms with Crippen LogP contribution in [-0.2, 0) is 13.5 Å². The molecule has 3 nitrogen and oxygen atoms in total. The minimum absolute atomic E-state index is 0.619. The fourth-order valence-electron chi connectivity index (χ4n) is 1.24. The van der Waals surface area contributed by atoms with Crippen molar-refractivity contribution in [3.63, 3.8) is 0 Å². The summed E-state index contributed by atoms with van der Waals surface area (Å²) in [4.78, 5) is 0. The van der Waals surface area contributed by atoms with Gasteiger partial charge in [-0.2, -0.15) is 5.10 Å². The van der Waals surface area contributed by atoms with E-state index in [1.165, 1.54) is 12.1 Å². The second-order valence-electron chi connectivity index (χ2n) is 3.46. The molecule has 0 saturated carbocycles. The fraction of sp³-hybridized carbons (Fsp3) is 0.700. The van der Waals surface area contributed by atoms with Gasteiger partial charge in [0.1, 0.15) is 0 Å². The van der Waals surface area contributed by atoms with E-state index in [0.717, 1.165) is 13.0 Å². The van der Waals surface area contributed by atoms with Gasteiger partial charge in [-0.25, -0.2) is 0 Å². The van der Waals surface area contributed by atoms with E-state index in [2.05, 4.69) is 30.3 Å². The van der Waals surface area contributed by atoms with Crippen LogP contribution in [-0.4, -0.2) is 22.4 Å². The third-order valence-corrected chi connectivity index (χ3v) is 2.41. The highest BCUT2D eigenvalue weighted by molar-refractivity contribution is 5.00. The van der Waals surface area contributed by atoms with Crippen LogP contribution in [0.25, 0.3) is 0 Å². The van der Waals surface area contributed by atoms with Crippen molar-refractivity contribution < 1.29 is 0 Å². The van der Waals surface area contributed by atoms with E-state index in [9.17, 15) is 0 Å². The van der Waals surface area contributed by atoms with Crippen LogP contribution in [0.15, 0.2) is 12.3 Å². The Morgan fingerprint density at radius 2 is 2.38 bits per heavy atom. The predicted octanol–water partition coefficient (Wildman–Crippen LogP) is 1.35. The molecule has 1 atom stereocenters. The summed E-state index contributed by atoms with van der Waals surface area (Å²) < 4.78 is 1.93. The van der Waals surface area contributed by atoms with Crippen LogP contribution in [0.5, 0.6) is 0 Å². The number of aryl methyl sites for hydroxylation is 1. The van der Waals surface area contributed by atoms with Crippen LogP contribution in [0, 0.1) is 0 Å². The molecule has 0 aromatic carbocycles. The molecule has 74 valence electrons. The zero-order chi connectivity index (χ0) is 9.68. The molecular formula is C10H19N3. The summed E-state index contributed by atoms with van der Waals surface area (Å²) in [7, 11) is 1.98. The lowest BCUT2D eigenvalue weighted by atomic mass is 10.2. The number of nitrogens with one attached hydrogen (secondary N) is 1. The van der Waals surface area contributed by atoms with E-state index in [0.29, 0.717) is 6.04 Å². The average Bonchev–Trinajstić information content (AvgIpc) is 2.52. The first-order valence-electron chi connectivity index (χ1n) is 4.94. The predicted molar refractivity (Wildman–Crippen MR) is 54.7 cm³/mol. The van der Waals surface area contributed by atoms with Crippen molar-refractivity contribution in [2.75, 3.05) is 6.54 Å². The molecule has 1 rings (SSSR count). The van der Waals surface area contributed by atoms with Gasteiger partial charge < -0.3 is 5.32 Å². The minimum atomic E-state index is 0.619. The third-order valence-electron chi connectivity index (χ3n) is 2.41. The number of nitrogens with zero attached hydrogens (tertiary/aromatic N) is 2. The smallest absolute Gasteiger partial charge is 0.0492 e. The fourth-order valence-corrected chi connectivity index (χ4v) is 1.24. The van der Waals surface area contributed by atoms with E-state index in [1.54, 1.807) is 0 Å². The Morgan fingerprint density at radius 1 is 1.62 bits per heavy atom. The standard InChI is InChI=1S/C10H19N3/c1-4-9(2)11-7-5-10-6-8-12-13(10)3/h6,8-9,11H,4-5,7H2,1-3H3. The Kier molecular flexibility index (Phi) is 3.96. The van der Waals surface area contributed by atoms with Crippen molar-refractivity contribution in [1.29, 1.82) is 0 Å². The van der Waals surface area contributed by atoms with Crippen molar-refractivity contribution in [2.24, 2.45) is 7.05 Å². The molecule has 1 aromatic heterocycles. The molecular weight excluding hydrogens is 162 g/mol. The molecule has 0 aliphatic heterocycles. The van der Waals surface area contributed by atoms with Crippen molar-refractivity contribution in [1.82, 2.24) is 15.1 Å². The lowest BCUT2D eigenvalue weighted by molar-refractivity contribution is 0.529. The summed E-state index contributed by atoms with van der Waals surface area (Å²) in [6.45, 7) is 5.44. The van der Waals surface area contributed by atoms with Gasteiger partial charge in [0.15, 0.2) is 0 Å². The highest BCUT2D eigenvalue weighted by Crippen LogP contribution is 1.97. The maximum atomic E-state index is 4.12. The average molecular weight is 181 g/mol. The maximum absolute atomic E-state index is 4.12. The molecule has 0 amide bonds. The Morgan fingerprint density at radius 3 is 2.92 bits per heavy atom. The van der Waals surface area contributed by atoms with E-state index in [-0.39, 0.29) is 0 Å². The van der Waals surface area contributed by atoms with Gasteiger partial charge in [0.2, 0.25) is 0 Å². The molecule has 0 bridgehead atoms. The Bertz CT molecular complexity index is 242. The lowest BCUT2D eigenvalue weighted by Gasteiger charge is -2.10. The van der Waals surface area contributed by atoms with Crippen molar-refractivity contribution in [3.05, 3.63) is 18.0 Å². The largest absolute Gasteiger partial charge is 0.314 e. The molecule has 1 unspecified atom stereocenters. The van der Waals surface area contributed by atoms with Crippen LogP contribution in [0.4, 0.5) is 0 Å². The van der Waals surface area contributed by atoms with Crippen LogP contribution in [0.1, 0.15) is 26.0 Å². The molecule has 0 aliphatic rings. The van der Waals surface area contributed by atoms with Gasteiger partial charge in [0, 0.05) is 37.9 Å². The first-order chi connectivity index (χ1) is 6.24. The molecule has 13 heavy (non-hydrogen) atoms. The second-order valence-corrected chi connectivity index (χ2v) is 3.46. The SMILES string of the molecule is CCC(C)NCCc1ccnn1C. The summed E-state index contributed by atoms with van der Waals surface area (Å²) in [5.41, 5.74) is 1.29. The van der Waals surface area contributed by atoms with Gasteiger partial charge >= 0.3 is 0 Å². The normalized spacial score (nSPS) is 13.2. The molecule has 0 aliphatic carbocycles. The quantitative estimate of drug-likeness (QED) is 0.743. The summed E-state index contributed by atoms with van der Waals surface area (Å²) in [5, 5.41) is 7.58. The van der Waals surface area contributed by atoms with Crippen LogP contribution in [0.3, 0.4) is 0 Å². The number of hydrogen-bond acceptors (Lipinski definition) is 2. The molecule has 0 spiro atoms. The van der Waals surface area contributed by atoms with E-state index in [1.807, 2.05) is 17.9 Å². The van der Waals surface area contributed by atoms with E-state index in [4.69, 9.17) is 0 Å². The third kappa shape index (κ3) is 3.19. The topological polar surface area (TPSA) is 29.9 Å². The zero-order valence-corrected chi connectivity index (χ0v) is 8.75. The van der Waals surface area contributed by atoms with Crippen molar-refractivity contribution in [2.45, 2.75) is 32.7 Å². The van der Waals surface area contributed by atoms with Crippen LogP contribution < -0.4 is 5.32 Å². The Balaban J connectivity index is 2.24. The molecule has 1 aromatic rings. The molecule has 0 fully saturated rings. The lowest BCUT2D eigenvalue weighted by Crippen LogP contribution is -2.27. The van der Waals surface area contributed by atoms with E-state index >= 15 is 0 Å². The highest BCUT2D eigenvalue weighted by Gasteiger charge is 1.99. The number of hydrogen-bond donors (Lipinski definition) is 1. The molecule has 0 saturated heterocycles. The summed E-state index contributed by atoms with van der Waals surface area (Å²) in [6.07, 6.45) is 4.09. The van der Waals surface area contributed by atoms with Crippen molar-refractivity contribution in [3.8, 4) is 0 Å². The Hall–Kier alpha value is -0.830. The van der Waals surface area contributed by atoms with Gasteiger partial charge in [0.25, 0.3) is 0 Å². The summed E-state index contributed by atoms with van der Waals surface area (Å²) >= 11 is 0. The minimum Gasteiger partial charge on any atom is -0.314 e. The molecule has 3 heteroatoms. The van der Waals surface area contributed by atoms with Gasteiger partial charge in [-0.1, -0.05) is 6.92 Å². The van der Waals surface area contributed by atoms with Gasteiger partial charge in [-0.3, -0.25) is 4.68 Å². The molecule has 0 radical (unpaired) electrons. The van der Waals surface area contributed by atoms with Gasteiger partial charge in [-0.05, 0) is 19.4 Å². The molecule has 1 heterocycles. The summed E-state index contributed by atoms with van der Waals surface area (Å²) in [5.74, 6) is 0. The number of rotatable bonds is 5. The Labute approximate surface area is 80.1 Å². The zero-order valence-electron chi connectivity index (χ0n) is 8.75. The maximum Gasteiger partial charge on any atom is 0.0492 e.